The Kier molecular flexibility index (Phi) is 5.49. The SMILES string of the molecule is CCCCc1ccc(C(Cl)c2cccc(OC)c2)cc1. The van der Waals surface area contributed by atoms with Crippen molar-refractivity contribution in [3.05, 3.63) is 65.2 Å². The predicted octanol–water partition coefficient (Wildman–Crippen LogP) is 5.37. The maximum absolute atomic E-state index is 6.56. The van der Waals surface area contributed by atoms with Crippen molar-refractivity contribution in [1.82, 2.24) is 0 Å². The van der Waals surface area contributed by atoms with Gasteiger partial charge in [-0.15, -0.1) is 11.6 Å². The normalized spacial score (nSPS) is 12.2. The number of alkyl halides is 1. The molecule has 1 atom stereocenters. The molecule has 0 aliphatic heterocycles. The van der Waals surface area contributed by atoms with E-state index in [9.17, 15) is 0 Å². The van der Waals surface area contributed by atoms with Crippen molar-refractivity contribution in [1.29, 1.82) is 0 Å². The van der Waals surface area contributed by atoms with Gasteiger partial charge in [-0.3, -0.25) is 0 Å². The van der Waals surface area contributed by atoms with Crippen LogP contribution in [0, 0.1) is 0 Å². The second-order valence-corrected chi connectivity index (χ2v) is 5.42. The lowest BCUT2D eigenvalue weighted by atomic mass is 10.0. The molecule has 0 aromatic heterocycles. The molecule has 0 amide bonds. The van der Waals surface area contributed by atoms with Gasteiger partial charge in [0.05, 0.1) is 12.5 Å². The second-order valence-electron chi connectivity index (χ2n) is 4.98. The van der Waals surface area contributed by atoms with E-state index in [4.69, 9.17) is 16.3 Å². The van der Waals surface area contributed by atoms with Gasteiger partial charge in [0.25, 0.3) is 0 Å². The zero-order valence-corrected chi connectivity index (χ0v) is 12.9. The zero-order chi connectivity index (χ0) is 14.4. The fourth-order valence-corrected chi connectivity index (χ4v) is 2.51. The third kappa shape index (κ3) is 3.77. The standard InChI is InChI=1S/C18H21ClO/c1-3-4-6-14-9-11-15(12-10-14)18(19)16-7-5-8-17(13-16)20-2/h5,7-13,18H,3-4,6H2,1-2H3. The van der Waals surface area contributed by atoms with Crippen LogP contribution in [0.25, 0.3) is 0 Å². The van der Waals surface area contributed by atoms with Crippen LogP contribution >= 0.6 is 11.6 Å². The summed E-state index contributed by atoms with van der Waals surface area (Å²) in [5.74, 6) is 0.840. The van der Waals surface area contributed by atoms with Crippen molar-refractivity contribution in [3.63, 3.8) is 0 Å². The summed E-state index contributed by atoms with van der Waals surface area (Å²) >= 11 is 6.56. The molecule has 1 nitrogen and oxygen atoms in total. The molecule has 0 radical (unpaired) electrons. The summed E-state index contributed by atoms with van der Waals surface area (Å²) < 4.78 is 5.25. The maximum Gasteiger partial charge on any atom is 0.119 e. The number of ether oxygens (including phenoxy) is 1. The summed E-state index contributed by atoms with van der Waals surface area (Å²) in [6, 6.07) is 16.5. The van der Waals surface area contributed by atoms with Gasteiger partial charge < -0.3 is 4.74 Å². The molecule has 2 rings (SSSR count). The first-order valence-electron chi connectivity index (χ1n) is 7.11. The van der Waals surface area contributed by atoms with Crippen LogP contribution in [0.5, 0.6) is 5.75 Å². The van der Waals surface area contributed by atoms with Gasteiger partial charge in [0, 0.05) is 0 Å². The number of halogens is 1. The maximum atomic E-state index is 6.56. The Labute approximate surface area is 126 Å². The highest BCUT2D eigenvalue weighted by Crippen LogP contribution is 2.30. The first kappa shape index (κ1) is 14.9. The highest BCUT2D eigenvalue weighted by Gasteiger charge is 2.11. The van der Waals surface area contributed by atoms with E-state index in [2.05, 4.69) is 31.2 Å². The van der Waals surface area contributed by atoms with E-state index >= 15 is 0 Å². The Morgan fingerprint density at radius 2 is 1.80 bits per heavy atom. The van der Waals surface area contributed by atoms with Crippen LogP contribution in [-0.4, -0.2) is 7.11 Å². The molecule has 2 aromatic rings. The Balaban J connectivity index is 2.13. The smallest absolute Gasteiger partial charge is 0.119 e. The lowest BCUT2D eigenvalue weighted by Crippen LogP contribution is -1.95. The van der Waals surface area contributed by atoms with E-state index in [1.165, 1.54) is 18.4 Å². The largest absolute Gasteiger partial charge is 0.497 e. The van der Waals surface area contributed by atoms with Crippen LogP contribution in [0.3, 0.4) is 0 Å². The van der Waals surface area contributed by atoms with Crippen LogP contribution in [0.4, 0.5) is 0 Å². The third-order valence-electron chi connectivity index (χ3n) is 3.48. The highest BCUT2D eigenvalue weighted by molar-refractivity contribution is 6.22. The average molecular weight is 289 g/mol. The van der Waals surface area contributed by atoms with Crippen LogP contribution < -0.4 is 4.74 Å². The average Bonchev–Trinajstić information content (AvgIpc) is 2.52. The second kappa shape index (κ2) is 7.35. The molecule has 1 unspecified atom stereocenters. The van der Waals surface area contributed by atoms with Crippen molar-refractivity contribution in [2.24, 2.45) is 0 Å². The fourth-order valence-electron chi connectivity index (χ4n) is 2.23. The van der Waals surface area contributed by atoms with Gasteiger partial charge in [-0.25, -0.2) is 0 Å². The number of methoxy groups -OCH3 is 1. The Morgan fingerprint density at radius 3 is 2.45 bits per heavy atom. The van der Waals surface area contributed by atoms with Gasteiger partial charge in [-0.05, 0) is 41.7 Å². The summed E-state index contributed by atoms with van der Waals surface area (Å²) in [6.07, 6.45) is 3.60. The molecule has 0 saturated heterocycles. The van der Waals surface area contributed by atoms with Gasteiger partial charge in [-0.2, -0.15) is 0 Å². The molecular formula is C18H21ClO. The zero-order valence-electron chi connectivity index (χ0n) is 12.1. The number of hydrogen-bond donors (Lipinski definition) is 0. The fraction of sp³-hybridized carbons (Fsp3) is 0.333. The molecule has 106 valence electrons. The molecule has 0 fully saturated rings. The summed E-state index contributed by atoms with van der Waals surface area (Å²) in [7, 11) is 1.67. The van der Waals surface area contributed by atoms with Gasteiger partial charge in [0.15, 0.2) is 0 Å². The molecule has 2 aromatic carbocycles. The predicted molar refractivity (Wildman–Crippen MR) is 85.7 cm³/mol. The van der Waals surface area contributed by atoms with Crippen molar-refractivity contribution in [2.45, 2.75) is 31.6 Å². The number of hydrogen-bond acceptors (Lipinski definition) is 1. The number of aryl methyl sites for hydroxylation is 1. The number of benzene rings is 2. The summed E-state index contributed by atoms with van der Waals surface area (Å²) in [6.45, 7) is 2.21. The van der Waals surface area contributed by atoms with Crippen LogP contribution in [0.2, 0.25) is 0 Å². The topological polar surface area (TPSA) is 9.23 Å². The minimum Gasteiger partial charge on any atom is -0.497 e. The molecule has 0 heterocycles. The molecule has 2 heteroatoms. The molecule has 0 aliphatic rings. The van der Waals surface area contributed by atoms with E-state index in [1.807, 2.05) is 24.3 Å². The molecule has 0 aliphatic carbocycles. The van der Waals surface area contributed by atoms with Crippen molar-refractivity contribution >= 4 is 11.6 Å². The van der Waals surface area contributed by atoms with Crippen molar-refractivity contribution in [2.75, 3.05) is 7.11 Å². The Morgan fingerprint density at radius 1 is 1.05 bits per heavy atom. The number of unbranched alkanes of at least 4 members (excludes halogenated alkanes) is 1. The van der Waals surface area contributed by atoms with Crippen LogP contribution in [0.1, 0.15) is 41.8 Å². The van der Waals surface area contributed by atoms with E-state index in [0.29, 0.717) is 0 Å². The monoisotopic (exact) mass is 288 g/mol. The first-order chi connectivity index (χ1) is 9.74. The number of rotatable bonds is 6. The quantitative estimate of drug-likeness (QED) is 0.650. The lowest BCUT2D eigenvalue weighted by molar-refractivity contribution is 0.414. The molecule has 0 N–H and O–H groups in total. The Hall–Kier alpha value is -1.47. The van der Waals surface area contributed by atoms with Crippen LogP contribution in [0.15, 0.2) is 48.5 Å². The minimum absolute atomic E-state index is 0.134. The van der Waals surface area contributed by atoms with E-state index in [-0.39, 0.29) is 5.38 Å². The van der Waals surface area contributed by atoms with Gasteiger partial charge in [0.2, 0.25) is 0 Å². The molecular weight excluding hydrogens is 268 g/mol. The van der Waals surface area contributed by atoms with Gasteiger partial charge >= 0.3 is 0 Å². The molecule has 0 spiro atoms. The van der Waals surface area contributed by atoms with E-state index < -0.39 is 0 Å². The Bertz CT molecular complexity index is 533. The van der Waals surface area contributed by atoms with Crippen LogP contribution in [-0.2, 0) is 6.42 Å². The van der Waals surface area contributed by atoms with E-state index in [0.717, 1.165) is 23.3 Å². The van der Waals surface area contributed by atoms with Gasteiger partial charge in [-0.1, -0.05) is 49.7 Å². The van der Waals surface area contributed by atoms with Crippen molar-refractivity contribution in [3.8, 4) is 5.75 Å². The third-order valence-corrected chi connectivity index (χ3v) is 3.98. The van der Waals surface area contributed by atoms with Crippen molar-refractivity contribution < 1.29 is 4.74 Å². The summed E-state index contributed by atoms with van der Waals surface area (Å²) in [5, 5.41) is -0.134. The molecule has 0 saturated carbocycles. The summed E-state index contributed by atoms with van der Waals surface area (Å²) in [4.78, 5) is 0. The minimum atomic E-state index is -0.134. The first-order valence-corrected chi connectivity index (χ1v) is 7.55. The van der Waals surface area contributed by atoms with E-state index in [1.54, 1.807) is 7.11 Å². The lowest BCUT2D eigenvalue weighted by Gasteiger charge is -2.12. The molecule has 0 bridgehead atoms. The summed E-state index contributed by atoms with van der Waals surface area (Å²) in [5.41, 5.74) is 3.57. The molecule has 20 heavy (non-hydrogen) atoms. The van der Waals surface area contributed by atoms with Gasteiger partial charge in [0.1, 0.15) is 5.75 Å². The highest BCUT2D eigenvalue weighted by atomic mass is 35.5.